The van der Waals surface area contributed by atoms with Crippen LogP contribution >= 0.6 is 34.8 Å². The normalized spacial score (nSPS) is 15.8. The summed E-state index contributed by atoms with van der Waals surface area (Å²) in [6.45, 7) is 6.80. The standard InChI is InChI=1S/C26H28Cl3N5O2/c1-15(2)30-26(36)33-12-4-5-20(14-33)31-25(35)23-16(3)24(17-6-8-18(27)9-7-17)34(32-23)22-11-10-19(28)13-21(22)29/h6-11,13,15,20H,4-5,12,14H2,1-3H3,(H,30,36)(H,31,35)/t20-/m1/s1. The Balaban J connectivity index is 1.66. The minimum atomic E-state index is -0.303. The van der Waals surface area contributed by atoms with E-state index in [9.17, 15) is 9.59 Å². The number of nitrogens with zero attached hydrogens (tertiary/aromatic N) is 3. The highest BCUT2D eigenvalue weighted by molar-refractivity contribution is 6.35. The predicted molar refractivity (Wildman–Crippen MR) is 144 cm³/mol. The zero-order valence-electron chi connectivity index (χ0n) is 20.3. The third-order valence-corrected chi connectivity index (χ3v) is 6.84. The van der Waals surface area contributed by atoms with Gasteiger partial charge in [0.15, 0.2) is 5.69 Å². The Kier molecular flexibility index (Phi) is 8.13. The van der Waals surface area contributed by atoms with Gasteiger partial charge in [-0.15, -0.1) is 0 Å². The van der Waals surface area contributed by atoms with Crippen molar-refractivity contribution in [2.24, 2.45) is 0 Å². The van der Waals surface area contributed by atoms with Gasteiger partial charge in [-0.05, 0) is 63.9 Å². The molecular formula is C26H28Cl3N5O2. The summed E-state index contributed by atoms with van der Waals surface area (Å²) in [6, 6.07) is 12.2. The highest BCUT2D eigenvalue weighted by Gasteiger charge is 2.28. The van der Waals surface area contributed by atoms with Gasteiger partial charge in [0.2, 0.25) is 0 Å². The number of piperidine rings is 1. The van der Waals surface area contributed by atoms with E-state index in [1.54, 1.807) is 39.9 Å². The molecule has 1 saturated heterocycles. The molecule has 190 valence electrons. The fraction of sp³-hybridized carbons (Fsp3) is 0.346. The predicted octanol–water partition coefficient (Wildman–Crippen LogP) is 6.12. The van der Waals surface area contributed by atoms with Gasteiger partial charge < -0.3 is 15.5 Å². The van der Waals surface area contributed by atoms with Crippen molar-refractivity contribution in [3.8, 4) is 16.9 Å². The second kappa shape index (κ2) is 11.1. The lowest BCUT2D eigenvalue weighted by Crippen LogP contribution is -2.53. The fourth-order valence-electron chi connectivity index (χ4n) is 4.36. The fourth-order valence-corrected chi connectivity index (χ4v) is 4.97. The topological polar surface area (TPSA) is 79.3 Å². The maximum absolute atomic E-state index is 13.4. The molecular weight excluding hydrogens is 521 g/mol. The van der Waals surface area contributed by atoms with E-state index in [2.05, 4.69) is 15.7 Å². The molecule has 0 unspecified atom stereocenters. The Morgan fingerprint density at radius 1 is 1.06 bits per heavy atom. The van der Waals surface area contributed by atoms with Gasteiger partial charge in [0, 0.05) is 46.3 Å². The number of amides is 3. The summed E-state index contributed by atoms with van der Waals surface area (Å²) in [5, 5.41) is 12.2. The van der Waals surface area contributed by atoms with Gasteiger partial charge in [0.1, 0.15) is 0 Å². The Labute approximate surface area is 225 Å². The summed E-state index contributed by atoms with van der Waals surface area (Å²) < 4.78 is 1.66. The number of benzene rings is 2. The Bertz CT molecular complexity index is 1270. The first-order valence-electron chi connectivity index (χ1n) is 11.8. The number of carbonyl (C=O) groups is 2. The van der Waals surface area contributed by atoms with Crippen LogP contribution in [0.1, 0.15) is 42.7 Å². The lowest BCUT2D eigenvalue weighted by atomic mass is 10.0. The summed E-state index contributed by atoms with van der Waals surface area (Å²) >= 11 is 18.7. The summed E-state index contributed by atoms with van der Waals surface area (Å²) in [6.07, 6.45) is 1.59. The highest BCUT2D eigenvalue weighted by atomic mass is 35.5. The van der Waals surface area contributed by atoms with Crippen molar-refractivity contribution in [3.05, 3.63) is 68.8 Å². The number of likely N-dealkylation sites (tertiary alicyclic amines) is 1. The largest absolute Gasteiger partial charge is 0.346 e. The van der Waals surface area contributed by atoms with Crippen LogP contribution in [0.25, 0.3) is 16.9 Å². The number of rotatable bonds is 5. The molecule has 2 aromatic carbocycles. The summed E-state index contributed by atoms with van der Waals surface area (Å²) in [7, 11) is 0. The van der Waals surface area contributed by atoms with Crippen molar-refractivity contribution in [1.29, 1.82) is 0 Å². The van der Waals surface area contributed by atoms with Crippen LogP contribution in [-0.2, 0) is 0 Å². The van der Waals surface area contributed by atoms with Crippen LogP contribution in [0.2, 0.25) is 15.1 Å². The van der Waals surface area contributed by atoms with Gasteiger partial charge in [-0.25, -0.2) is 9.48 Å². The van der Waals surface area contributed by atoms with E-state index in [1.807, 2.05) is 32.9 Å². The summed E-state index contributed by atoms with van der Waals surface area (Å²) in [5.41, 5.74) is 3.15. The highest BCUT2D eigenvalue weighted by Crippen LogP contribution is 2.33. The van der Waals surface area contributed by atoms with Crippen molar-refractivity contribution >= 4 is 46.7 Å². The number of urea groups is 1. The van der Waals surface area contributed by atoms with Crippen LogP contribution in [0.4, 0.5) is 4.79 Å². The van der Waals surface area contributed by atoms with E-state index >= 15 is 0 Å². The summed E-state index contributed by atoms with van der Waals surface area (Å²) in [5.74, 6) is -0.303. The molecule has 0 spiro atoms. The van der Waals surface area contributed by atoms with Crippen molar-refractivity contribution < 1.29 is 9.59 Å². The van der Waals surface area contributed by atoms with E-state index in [0.29, 0.717) is 39.4 Å². The number of halogens is 3. The molecule has 1 fully saturated rings. The molecule has 10 heteroatoms. The van der Waals surface area contributed by atoms with Crippen molar-refractivity contribution in [2.45, 2.75) is 45.7 Å². The molecule has 36 heavy (non-hydrogen) atoms. The van der Waals surface area contributed by atoms with Crippen LogP contribution in [0, 0.1) is 6.92 Å². The first-order chi connectivity index (χ1) is 17.1. The zero-order valence-corrected chi connectivity index (χ0v) is 22.6. The second-order valence-corrected chi connectivity index (χ2v) is 10.5. The lowest BCUT2D eigenvalue weighted by molar-refractivity contribution is 0.0904. The molecule has 2 N–H and O–H groups in total. The minimum absolute atomic E-state index is 0.0464. The summed E-state index contributed by atoms with van der Waals surface area (Å²) in [4.78, 5) is 27.6. The van der Waals surface area contributed by atoms with Crippen molar-refractivity contribution in [3.63, 3.8) is 0 Å². The maximum Gasteiger partial charge on any atom is 0.317 e. The first-order valence-corrected chi connectivity index (χ1v) is 12.9. The van der Waals surface area contributed by atoms with Gasteiger partial charge >= 0.3 is 6.03 Å². The smallest absolute Gasteiger partial charge is 0.317 e. The number of carbonyl (C=O) groups excluding carboxylic acids is 2. The van der Waals surface area contributed by atoms with E-state index < -0.39 is 0 Å². The van der Waals surface area contributed by atoms with Crippen molar-refractivity contribution in [2.75, 3.05) is 13.1 Å². The Morgan fingerprint density at radius 3 is 2.42 bits per heavy atom. The molecule has 1 atom stereocenters. The van der Waals surface area contributed by atoms with Crippen LogP contribution in [0.15, 0.2) is 42.5 Å². The second-order valence-electron chi connectivity index (χ2n) is 9.20. The number of nitrogens with one attached hydrogen (secondary N) is 2. The molecule has 0 bridgehead atoms. The van der Waals surface area contributed by atoms with Crippen LogP contribution < -0.4 is 10.6 Å². The zero-order chi connectivity index (χ0) is 26.0. The quantitative estimate of drug-likeness (QED) is 0.403. The van der Waals surface area contributed by atoms with Gasteiger partial charge in [-0.2, -0.15) is 5.10 Å². The van der Waals surface area contributed by atoms with Gasteiger partial charge in [-0.1, -0.05) is 46.9 Å². The third-order valence-electron chi connectivity index (χ3n) is 6.05. The number of hydrogen-bond acceptors (Lipinski definition) is 3. The minimum Gasteiger partial charge on any atom is -0.346 e. The van der Waals surface area contributed by atoms with Gasteiger partial charge in [0.25, 0.3) is 5.91 Å². The molecule has 1 aliphatic heterocycles. The van der Waals surface area contributed by atoms with E-state index in [1.165, 1.54) is 0 Å². The molecule has 0 aliphatic carbocycles. The number of hydrogen-bond donors (Lipinski definition) is 2. The van der Waals surface area contributed by atoms with Gasteiger partial charge in [-0.3, -0.25) is 4.79 Å². The van der Waals surface area contributed by atoms with E-state index in [0.717, 1.165) is 24.1 Å². The first kappa shape index (κ1) is 26.3. The molecule has 0 radical (unpaired) electrons. The number of aromatic nitrogens is 2. The molecule has 7 nitrogen and oxygen atoms in total. The molecule has 3 amide bonds. The Morgan fingerprint density at radius 2 is 1.75 bits per heavy atom. The molecule has 0 saturated carbocycles. The lowest BCUT2D eigenvalue weighted by Gasteiger charge is -2.33. The SMILES string of the molecule is Cc1c(C(=O)N[C@@H]2CCCN(C(=O)NC(C)C)C2)nn(-c2ccc(Cl)cc2Cl)c1-c1ccc(Cl)cc1. The third kappa shape index (κ3) is 5.80. The average molecular weight is 549 g/mol. The molecule has 1 aromatic heterocycles. The molecule has 3 aromatic rings. The van der Waals surface area contributed by atoms with Crippen LogP contribution in [-0.4, -0.2) is 51.8 Å². The van der Waals surface area contributed by atoms with Crippen LogP contribution in [0.5, 0.6) is 0 Å². The van der Waals surface area contributed by atoms with E-state index in [-0.39, 0.29) is 29.7 Å². The van der Waals surface area contributed by atoms with Crippen molar-refractivity contribution in [1.82, 2.24) is 25.3 Å². The van der Waals surface area contributed by atoms with E-state index in [4.69, 9.17) is 34.8 Å². The van der Waals surface area contributed by atoms with Gasteiger partial charge in [0.05, 0.1) is 16.4 Å². The molecule has 1 aliphatic rings. The average Bonchev–Trinajstić information content (AvgIpc) is 3.16. The molecule has 2 heterocycles. The Hall–Kier alpha value is -2.74. The molecule has 4 rings (SSSR count). The van der Waals surface area contributed by atoms with Crippen LogP contribution in [0.3, 0.4) is 0 Å². The maximum atomic E-state index is 13.4. The monoisotopic (exact) mass is 547 g/mol.